The summed E-state index contributed by atoms with van der Waals surface area (Å²) in [5, 5.41) is 0. The molecule has 0 unspecified atom stereocenters. The summed E-state index contributed by atoms with van der Waals surface area (Å²) >= 11 is 0. The molecule has 0 bridgehead atoms. The van der Waals surface area contributed by atoms with Crippen molar-refractivity contribution in [1.29, 1.82) is 0 Å². The molecule has 4 fully saturated rings. The normalized spacial score (nSPS) is 41.3. The van der Waals surface area contributed by atoms with Crippen LogP contribution in [0.4, 0.5) is 0 Å². The molecule has 0 aromatic carbocycles. The van der Waals surface area contributed by atoms with Crippen LogP contribution >= 0.6 is 0 Å². The maximum absolute atomic E-state index is 6.02. The average molecular weight is 254 g/mol. The van der Waals surface area contributed by atoms with Gasteiger partial charge < -0.3 is 18.9 Å². The van der Waals surface area contributed by atoms with Gasteiger partial charge in [0.25, 0.3) is 0 Å². The van der Waals surface area contributed by atoms with Crippen LogP contribution in [-0.2, 0) is 18.9 Å². The van der Waals surface area contributed by atoms with Crippen LogP contribution in [0.25, 0.3) is 0 Å². The third-order valence-electron chi connectivity index (χ3n) is 5.25. The third kappa shape index (κ3) is 1.52. The Labute approximate surface area is 108 Å². The predicted octanol–water partition coefficient (Wildman–Crippen LogP) is 2.07. The summed E-state index contributed by atoms with van der Waals surface area (Å²) in [6, 6.07) is 0. The first-order chi connectivity index (χ1) is 8.85. The highest BCUT2D eigenvalue weighted by Crippen LogP contribution is 2.55. The van der Waals surface area contributed by atoms with Gasteiger partial charge in [-0.05, 0) is 25.7 Å². The maximum Gasteiger partial charge on any atom is 0.171 e. The van der Waals surface area contributed by atoms with Crippen molar-refractivity contribution in [2.24, 2.45) is 11.8 Å². The maximum atomic E-state index is 6.02. The van der Waals surface area contributed by atoms with Crippen molar-refractivity contribution in [3.8, 4) is 0 Å². The van der Waals surface area contributed by atoms with E-state index in [0.717, 1.165) is 52.1 Å². The van der Waals surface area contributed by atoms with Crippen LogP contribution in [0.1, 0.15) is 38.5 Å². The molecule has 2 saturated carbocycles. The summed E-state index contributed by atoms with van der Waals surface area (Å²) in [5.41, 5.74) is 0. The lowest BCUT2D eigenvalue weighted by atomic mass is 9.64. The van der Waals surface area contributed by atoms with Crippen molar-refractivity contribution in [3.63, 3.8) is 0 Å². The summed E-state index contributed by atoms with van der Waals surface area (Å²) in [6.45, 7) is 2.99. The first-order valence-electron chi connectivity index (χ1n) is 7.41. The lowest BCUT2D eigenvalue weighted by Gasteiger charge is -2.52. The molecule has 0 amide bonds. The Bertz CT molecular complexity index is 286. The van der Waals surface area contributed by atoms with Crippen LogP contribution in [0.15, 0.2) is 0 Å². The van der Waals surface area contributed by atoms with E-state index in [1.54, 1.807) is 0 Å². The smallest absolute Gasteiger partial charge is 0.171 e. The van der Waals surface area contributed by atoms with Crippen molar-refractivity contribution in [2.75, 3.05) is 26.4 Å². The zero-order valence-corrected chi connectivity index (χ0v) is 10.9. The number of rotatable bonds is 0. The van der Waals surface area contributed by atoms with Crippen molar-refractivity contribution >= 4 is 0 Å². The van der Waals surface area contributed by atoms with Gasteiger partial charge in [0.1, 0.15) is 0 Å². The molecule has 4 heteroatoms. The van der Waals surface area contributed by atoms with E-state index in [-0.39, 0.29) is 11.6 Å². The summed E-state index contributed by atoms with van der Waals surface area (Å²) < 4.78 is 24.1. The van der Waals surface area contributed by atoms with Gasteiger partial charge in [0.05, 0.1) is 26.4 Å². The van der Waals surface area contributed by atoms with E-state index in [2.05, 4.69) is 0 Å². The SMILES string of the molecule is C1C[C@H]2[C@@H](CCCC23OCCO3)C2(C1)OCCO2. The fourth-order valence-electron chi connectivity index (χ4n) is 4.62. The molecule has 2 spiro atoms. The van der Waals surface area contributed by atoms with Crippen molar-refractivity contribution in [3.05, 3.63) is 0 Å². The van der Waals surface area contributed by atoms with E-state index in [1.807, 2.05) is 0 Å². The Morgan fingerprint density at radius 3 is 1.39 bits per heavy atom. The Morgan fingerprint density at radius 1 is 0.611 bits per heavy atom. The Hall–Kier alpha value is -0.160. The van der Waals surface area contributed by atoms with E-state index >= 15 is 0 Å². The molecule has 0 aromatic rings. The summed E-state index contributed by atoms with van der Waals surface area (Å²) in [5.74, 6) is 0.290. The first-order valence-corrected chi connectivity index (χ1v) is 7.41. The molecule has 0 radical (unpaired) electrons. The van der Waals surface area contributed by atoms with E-state index in [4.69, 9.17) is 18.9 Å². The molecule has 4 aliphatic rings. The van der Waals surface area contributed by atoms with Gasteiger partial charge in [-0.3, -0.25) is 0 Å². The fraction of sp³-hybridized carbons (Fsp3) is 1.00. The molecule has 2 aliphatic heterocycles. The quantitative estimate of drug-likeness (QED) is 0.663. The lowest BCUT2D eigenvalue weighted by Crippen LogP contribution is -2.56. The number of fused-ring (bicyclic) bond motifs is 3. The highest BCUT2D eigenvalue weighted by atomic mass is 16.7. The highest BCUT2D eigenvalue weighted by Gasteiger charge is 2.59. The largest absolute Gasteiger partial charge is 0.347 e. The van der Waals surface area contributed by atoms with Gasteiger partial charge in [-0.1, -0.05) is 0 Å². The van der Waals surface area contributed by atoms with Crippen LogP contribution in [0.2, 0.25) is 0 Å². The molecule has 2 heterocycles. The molecule has 2 saturated heterocycles. The van der Waals surface area contributed by atoms with Crippen LogP contribution in [0.3, 0.4) is 0 Å². The topological polar surface area (TPSA) is 36.9 Å². The molecule has 2 aliphatic carbocycles. The van der Waals surface area contributed by atoms with Gasteiger partial charge in [-0.15, -0.1) is 0 Å². The van der Waals surface area contributed by atoms with Crippen LogP contribution < -0.4 is 0 Å². The molecule has 4 rings (SSSR count). The van der Waals surface area contributed by atoms with E-state index in [1.165, 1.54) is 12.8 Å². The van der Waals surface area contributed by atoms with Gasteiger partial charge >= 0.3 is 0 Å². The standard InChI is InChI=1S/C14H22O4/c1-3-11-12(13(5-1)15-7-8-16-13)4-2-6-14(11)17-9-10-18-14/h11-12H,1-10H2/t11-,12+. The molecule has 4 nitrogen and oxygen atoms in total. The number of ether oxygens (including phenoxy) is 4. The Kier molecular flexibility index (Phi) is 2.70. The molecule has 102 valence electrons. The Balaban J connectivity index is 1.65. The van der Waals surface area contributed by atoms with Crippen LogP contribution in [0, 0.1) is 11.8 Å². The third-order valence-corrected chi connectivity index (χ3v) is 5.25. The van der Waals surface area contributed by atoms with Gasteiger partial charge in [0, 0.05) is 24.7 Å². The number of hydrogen-bond donors (Lipinski definition) is 0. The van der Waals surface area contributed by atoms with Crippen LogP contribution in [-0.4, -0.2) is 38.0 Å². The van der Waals surface area contributed by atoms with Gasteiger partial charge in [0.2, 0.25) is 0 Å². The molecular formula is C14H22O4. The zero-order chi connectivity index (χ0) is 12.1. The summed E-state index contributed by atoms with van der Waals surface area (Å²) in [6.07, 6.45) is 6.80. The monoisotopic (exact) mass is 254 g/mol. The van der Waals surface area contributed by atoms with E-state index in [0.29, 0.717) is 11.8 Å². The summed E-state index contributed by atoms with van der Waals surface area (Å²) in [7, 11) is 0. The fourth-order valence-corrected chi connectivity index (χ4v) is 4.62. The highest BCUT2D eigenvalue weighted by molar-refractivity contribution is 5.01. The second-order valence-electron chi connectivity index (χ2n) is 6.01. The second kappa shape index (κ2) is 4.17. The van der Waals surface area contributed by atoms with E-state index in [9.17, 15) is 0 Å². The molecular weight excluding hydrogens is 232 g/mol. The summed E-state index contributed by atoms with van der Waals surface area (Å²) in [4.78, 5) is 0. The van der Waals surface area contributed by atoms with Gasteiger partial charge in [-0.2, -0.15) is 0 Å². The molecule has 2 atom stereocenters. The molecule has 18 heavy (non-hydrogen) atoms. The van der Waals surface area contributed by atoms with Crippen molar-refractivity contribution in [1.82, 2.24) is 0 Å². The van der Waals surface area contributed by atoms with Gasteiger partial charge in [-0.25, -0.2) is 0 Å². The van der Waals surface area contributed by atoms with Crippen molar-refractivity contribution in [2.45, 2.75) is 50.1 Å². The molecule has 0 aromatic heterocycles. The van der Waals surface area contributed by atoms with Gasteiger partial charge in [0.15, 0.2) is 11.6 Å². The average Bonchev–Trinajstić information content (AvgIpc) is 3.03. The van der Waals surface area contributed by atoms with Crippen LogP contribution in [0.5, 0.6) is 0 Å². The lowest BCUT2D eigenvalue weighted by molar-refractivity contribution is -0.299. The minimum absolute atomic E-state index is 0.314. The number of hydrogen-bond acceptors (Lipinski definition) is 4. The first kappa shape index (κ1) is 11.6. The zero-order valence-electron chi connectivity index (χ0n) is 10.9. The van der Waals surface area contributed by atoms with Crippen molar-refractivity contribution < 1.29 is 18.9 Å². The minimum atomic E-state index is -0.314. The Morgan fingerprint density at radius 2 is 1.00 bits per heavy atom. The van der Waals surface area contributed by atoms with E-state index < -0.39 is 0 Å². The molecule has 0 N–H and O–H groups in total. The predicted molar refractivity (Wildman–Crippen MR) is 64.0 cm³/mol. The minimum Gasteiger partial charge on any atom is -0.347 e. The second-order valence-corrected chi connectivity index (χ2v) is 6.01.